The molecule has 0 aromatic heterocycles. The zero-order valence-corrected chi connectivity index (χ0v) is 22.9. The number of ether oxygens (including phenoxy) is 3. The lowest BCUT2D eigenvalue weighted by molar-refractivity contribution is -0.129. The molecule has 0 bridgehead atoms. The molecule has 0 N–H and O–H groups in total. The number of methoxy groups -OCH3 is 1. The maximum Gasteiger partial charge on any atom is 0.363 e. The van der Waals surface area contributed by atoms with E-state index in [1.807, 2.05) is 42.5 Å². The topological polar surface area (TPSA) is 57.1 Å². The molecule has 33 heavy (non-hydrogen) atoms. The fourth-order valence-corrected chi connectivity index (χ4v) is 4.77. The van der Waals surface area contributed by atoms with Gasteiger partial charge in [-0.1, -0.05) is 35.3 Å². The summed E-state index contributed by atoms with van der Waals surface area (Å²) in [6, 6.07) is 16.5. The number of rotatable bonds is 6. The van der Waals surface area contributed by atoms with Crippen LogP contribution in [-0.2, 0) is 16.1 Å². The first-order chi connectivity index (χ1) is 15.8. The molecule has 1 aliphatic heterocycles. The third kappa shape index (κ3) is 5.82. The van der Waals surface area contributed by atoms with Gasteiger partial charge in [-0.15, -0.1) is 0 Å². The van der Waals surface area contributed by atoms with E-state index in [1.165, 1.54) is 0 Å². The Morgan fingerprint density at radius 3 is 2.67 bits per heavy atom. The van der Waals surface area contributed by atoms with Crippen LogP contribution in [0.4, 0.5) is 0 Å². The lowest BCUT2D eigenvalue weighted by Crippen LogP contribution is -2.06. The number of hydrogen-bond acceptors (Lipinski definition) is 5. The second-order valence-corrected chi connectivity index (χ2v) is 10.2. The van der Waals surface area contributed by atoms with Crippen LogP contribution in [0, 0.1) is 7.14 Å². The molecule has 0 saturated heterocycles. The van der Waals surface area contributed by atoms with Gasteiger partial charge in [0.1, 0.15) is 6.61 Å². The van der Waals surface area contributed by atoms with Crippen molar-refractivity contribution in [1.29, 1.82) is 0 Å². The van der Waals surface area contributed by atoms with Gasteiger partial charge >= 0.3 is 5.97 Å². The summed E-state index contributed by atoms with van der Waals surface area (Å²) in [5, 5.41) is 1.11. The monoisotopic (exact) mass is 705 g/mol. The van der Waals surface area contributed by atoms with Gasteiger partial charge in [0.25, 0.3) is 0 Å². The Morgan fingerprint density at radius 2 is 1.91 bits per heavy atom. The van der Waals surface area contributed by atoms with Crippen molar-refractivity contribution in [2.45, 2.75) is 6.61 Å². The minimum atomic E-state index is -0.546. The maximum absolute atomic E-state index is 12.4. The molecule has 0 aliphatic carbocycles. The summed E-state index contributed by atoms with van der Waals surface area (Å²) in [4.78, 5) is 16.8. The lowest BCUT2D eigenvalue weighted by atomic mass is 10.1. The Labute approximate surface area is 228 Å². The van der Waals surface area contributed by atoms with E-state index in [0.29, 0.717) is 33.7 Å². The van der Waals surface area contributed by atoms with Crippen molar-refractivity contribution in [3.63, 3.8) is 0 Å². The highest BCUT2D eigenvalue weighted by atomic mass is 127. The van der Waals surface area contributed by atoms with Crippen LogP contribution in [0.2, 0.25) is 10.0 Å². The van der Waals surface area contributed by atoms with Crippen LogP contribution < -0.4 is 9.47 Å². The van der Waals surface area contributed by atoms with E-state index < -0.39 is 5.97 Å². The van der Waals surface area contributed by atoms with E-state index in [0.717, 1.165) is 18.3 Å². The number of hydrogen-bond donors (Lipinski definition) is 0. The third-order valence-electron chi connectivity index (χ3n) is 4.61. The molecule has 1 aliphatic rings. The average molecular weight is 706 g/mol. The number of benzene rings is 3. The molecule has 5 nitrogen and oxygen atoms in total. The normalized spacial score (nSPS) is 14.3. The van der Waals surface area contributed by atoms with Gasteiger partial charge in [0, 0.05) is 8.59 Å². The summed E-state index contributed by atoms with van der Waals surface area (Å²) in [7, 11) is 1.56. The fraction of sp³-hybridized carbons (Fsp3) is 0.0833. The van der Waals surface area contributed by atoms with Crippen LogP contribution >= 0.6 is 68.4 Å². The lowest BCUT2D eigenvalue weighted by Gasteiger charge is -2.14. The summed E-state index contributed by atoms with van der Waals surface area (Å²) < 4.78 is 18.7. The zero-order chi connectivity index (χ0) is 23.5. The summed E-state index contributed by atoms with van der Waals surface area (Å²) in [6.45, 7) is 0.337. The molecule has 9 heteroatoms. The molecule has 168 valence electrons. The van der Waals surface area contributed by atoms with Crippen molar-refractivity contribution in [1.82, 2.24) is 0 Å². The van der Waals surface area contributed by atoms with Gasteiger partial charge in [0.15, 0.2) is 17.2 Å². The van der Waals surface area contributed by atoms with Crippen LogP contribution in [0.5, 0.6) is 11.5 Å². The van der Waals surface area contributed by atoms with Crippen LogP contribution in [-0.4, -0.2) is 19.0 Å². The second kappa shape index (κ2) is 10.6. The second-order valence-electron chi connectivity index (χ2n) is 6.91. The summed E-state index contributed by atoms with van der Waals surface area (Å²) in [5.74, 6) is 0.768. The Hall–Kier alpha value is -1.82. The van der Waals surface area contributed by atoms with Crippen molar-refractivity contribution in [3.8, 4) is 11.5 Å². The standard InChI is InChI=1S/C24H15Cl2I2NO4/c1-31-21-10-14(8-19(28)22(21)32-12-13-3-2-4-15(25)7-13)9-20-24(30)33-23(29-20)17-11-16(27)5-6-18(17)26/h2-11H,12H2,1H3/b20-9-. The Morgan fingerprint density at radius 1 is 1.09 bits per heavy atom. The molecule has 0 fully saturated rings. The van der Waals surface area contributed by atoms with Crippen LogP contribution in [0.25, 0.3) is 6.08 Å². The number of aliphatic imine (C=N–C) groups is 1. The molecule has 0 amide bonds. The molecule has 4 rings (SSSR count). The predicted molar refractivity (Wildman–Crippen MR) is 146 cm³/mol. The van der Waals surface area contributed by atoms with Crippen molar-refractivity contribution in [2.75, 3.05) is 7.11 Å². The van der Waals surface area contributed by atoms with Gasteiger partial charge < -0.3 is 14.2 Å². The molecule has 0 atom stereocenters. The Bertz CT molecular complexity index is 1310. The average Bonchev–Trinajstić information content (AvgIpc) is 3.14. The van der Waals surface area contributed by atoms with Crippen LogP contribution in [0.1, 0.15) is 16.7 Å². The van der Waals surface area contributed by atoms with Gasteiger partial charge in [-0.3, -0.25) is 0 Å². The number of carbonyl (C=O) groups excluding carboxylic acids is 1. The van der Waals surface area contributed by atoms with E-state index in [-0.39, 0.29) is 11.6 Å². The maximum atomic E-state index is 12.4. The predicted octanol–water partition coefficient (Wildman–Crippen LogP) is 7.13. The number of carbonyl (C=O) groups is 1. The number of esters is 1. The molecule has 0 unspecified atom stereocenters. The molecule has 0 saturated carbocycles. The van der Waals surface area contributed by atoms with Crippen molar-refractivity contribution >= 4 is 86.3 Å². The summed E-state index contributed by atoms with van der Waals surface area (Å²) in [6.07, 6.45) is 1.64. The summed E-state index contributed by atoms with van der Waals surface area (Å²) >= 11 is 16.6. The van der Waals surface area contributed by atoms with Crippen LogP contribution in [0.3, 0.4) is 0 Å². The number of cyclic esters (lactones) is 1. The first kappa shape index (κ1) is 24.3. The van der Waals surface area contributed by atoms with Gasteiger partial charge in [0.2, 0.25) is 5.90 Å². The Balaban J connectivity index is 1.61. The van der Waals surface area contributed by atoms with E-state index in [1.54, 1.807) is 25.3 Å². The van der Waals surface area contributed by atoms with Crippen molar-refractivity contribution in [3.05, 3.63) is 94.2 Å². The smallest absolute Gasteiger partial charge is 0.363 e. The van der Waals surface area contributed by atoms with Crippen molar-refractivity contribution in [2.24, 2.45) is 4.99 Å². The third-order valence-corrected chi connectivity index (χ3v) is 6.64. The highest BCUT2D eigenvalue weighted by Gasteiger charge is 2.26. The highest BCUT2D eigenvalue weighted by Crippen LogP contribution is 2.36. The fourth-order valence-electron chi connectivity index (χ4n) is 3.09. The van der Waals surface area contributed by atoms with Crippen molar-refractivity contribution < 1.29 is 19.0 Å². The van der Waals surface area contributed by atoms with Gasteiger partial charge in [-0.2, -0.15) is 0 Å². The van der Waals surface area contributed by atoms with Gasteiger partial charge in [0.05, 0.1) is 21.3 Å². The van der Waals surface area contributed by atoms with Gasteiger partial charge in [-0.05, 0) is 105 Å². The quantitative estimate of drug-likeness (QED) is 0.156. The molecule has 0 spiro atoms. The first-order valence-electron chi connectivity index (χ1n) is 9.57. The molecule has 3 aromatic carbocycles. The first-order valence-corrected chi connectivity index (χ1v) is 12.5. The molecule has 3 aromatic rings. The molecule has 0 radical (unpaired) electrons. The minimum Gasteiger partial charge on any atom is -0.493 e. The van der Waals surface area contributed by atoms with E-state index in [9.17, 15) is 4.79 Å². The largest absolute Gasteiger partial charge is 0.493 e. The summed E-state index contributed by atoms with van der Waals surface area (Å²) in [5.41, 5.74) is 2.40. The van der Waals surface area contributed by atoms with E-state index in [2.05, 4.69) is 50.2 Å². The number of halogens is 4. The van der Waals surface area contributed by atoms with Crippen LogP contribution in [0.15, 0.2) is 65.3 Å². The molecule has 1 heterocycles. The minimum absolute atomic E-state index is 0.172. The SMILES string of the molecule is COc1cc(/C=C2\N=C(c3cc(I)ccc3Cl)OC2=O)cc(I)c1OCc1cccc(Cl)c1. The van der Waals surface area contributed by atoms with E-state index >= 15 is 0 Å². The zero-order valence-electron chi connectivity index (χ0n) is 17.1. The number of nitrogens with zero attached hydrogens (tertiary/aromatic N) is 1. The van der Waals surface area contributed by atoms with Gasteiger partial charge in [-0.25, -0.2) is 9.79 Å². The highest BCUT2D eigenvalue weighted by molar-refractivity contribution is 14.1. The van der Waals surface area contributed by atoms with E-state index in [4.69, 9.17) is 37.4 Å². The molecular formula is C24H15Cl2I2NO4. The molecular weight excluding hydrogens is 691 g/mol. The Kier molecular flexibility index (Phi) is 7.83.